The van der Waals surface area contributed by atoms with Gasteiger partial charge in [0, 0.05) is 19.0 Å². The van der Waals surface area contributed by atoms with E-state index in [-0.39, 0.29) is 11.8 Å². The van der Waals surface area contributed by atoms with Gasteiger partial charge in [-0.05, 0) is 35.3 Å². The fourth-order valence-electron chi connectivity index (χ4n) is 4.27. The SMILES string of the molecule is O=C(C(c1ccccc1)n1cnnn1)N1CCC2(O)CCCCC2C1. The summed E-state index contributed by atoms with van der Waals surface area (Å²) in [5.41, 5.74) is 0.274. The molecule has 1 saturated heterocycles. The minimum absolute atomic E-state index is 0.00822. The van der Waals surface area contributed by atoms with Crippen LogP contribution in [0.1, 0.15) is 43.7 Å². The number of tetrazole rings is 1. The number of amides is 1. The molecular formula is C18H23N5O2. The Morgan fingerprint density at radius 1 is 1.24 bits per heavy atom. The second-order valence-electron chi connectivity index (χ2n) is 7.18. The molecule has 25 heavy (non-hydrogen) atoms. The quantitative estimate of drug-likeness (QED) is 0.913. The number of hydrogen-bond acceptors (Lipinski definition) is 5. The third kappa shape index (κ3) is 3.04. The molecule has 1 aromatic heterocycles. The van der Waals surface area contributed by atoms with E-state index in [0.717, 1.165) is 31.2 Å². The van der Waals surface area contributed by atoms with Crippen LogP contribution in [-0.2, 0) is 4.79 Å². The Hall–Kier alpha value is -2.28. The third-order valence-electron chi connectivity index (χ3n) is 5.72. The van der Waals surface area contributed by atoms with Gasteiger partial charge in [-0.1, -0.05) is 43.2 Å². The van der Waals surface area contributed by atoms with Crippen molar-refractivity contribution in [1.29, 1.82) is 0 Å². The van der Waals surface area contributed by atoms with Crippen LogP contribution >= 0.6 is 0 Å². The van der Waals surface area contributed by atoms with E-state index in [9.17, 15) is 9.90 Å². The molecule has 1 N–H and O–H groups in total. The van der Waals surface area contributed by atoms with Gasteiger partial charge in [-0.3, -0.25) is 4.79 Å². The van der Waals surface area contributed by atoms with Gasteiger partial charge in [-0.15, -0.1) is 5.10 Å². The maximum absolute atomic E-state index is 13.3. The number of benzene rings is 1. The molecule has 2 heterocycles. The van der Waals surface area contributed by atoms with Gasteiger partial charge < -0.3 is 10.0 Å². The van der Waals surface area contributed by atoms with E-state index in [1.54, 1.807) is 0 Å². The lowest BCUT2D eigenvalue weighted by atomic mass is 9.71. The fourth-order valence-corrected chi connectivity index (χ4v) is 4.27. The first-order valence-corrected chi connectivity index (χ1v) is 8.96. The number of carbonyl (C=O) groups is 1. The summed E-state index contributed by atoms with van der Waals surface area (Å²) >= 11 is 0. The molecule has 7 heteroatoms. The van der Waals surface area contributed by atoms with E-state index >= 15 is 0 Å². The average Bonchev–Trinajstić information content (AvgIpc) is 3.16. The van der Waals surface area contributed by atoms with Crippen LogP contribution < -0.4 is 0 Å². The van der Waals surface area contributed by atoms with Crippen LogP contribution in [0, 0.1) is 5.92 Å². The Labute approximate surface area is 146 Å². The first-order valence-electron chi connectivity index (χ1n) is 8.96. The molecule has 3 unspecified atom stereocenters. The molecular weight excluding hydrogens is 318 g/mol. The zero-order valence-corrected chi connectivity index (χ0v) is 14.2. The maximum Gasteiger partial charge on any atom is 0.252 e. The molecule has 0 bridgehead atoms. The lowest BCUT2D eigenvalue weighted by molar-refractivity contribution is -0.145. The predicted octanol–water partition coefficient (Wildman–Crippen LogP) is 1.42. The summed E-state index contributed by atoms with van der Waals surface area (Å²) in [4.78, 5) is 15.2. The molecule has 4 rings (SSSR count). The van der Waals surface area contributed by atoms with Gasteiger partial charge in [-0.25, -0.2) is 4.68 Å². The number of nitrogens with zero attached hydrogens (tertiary/aromatic N) is 5. The lowest BCUT2D eigenvalue weighted by Crippen LogP contribution is -2.55. The smallest absolute Gasteiger partial charge is 0.252 e. The molecule has 7 nitrogen and oxygen atoms in total. The molecule has 2 aliphatic rings. The Bertz CT molecular complexity index is 720. The number of likely N-dealkylation sites (tertiary alicyclic amines) is 1. The Morgan fingerprint density at radius 3 is 2.84 bits per heavy atom. The molecule has 2 fully saturated rings. The lowest BCUT2D eigenvalue weighted by Gasteiger charge is -2.47. The number of rotatable bonds is 3. The molecule has 2 aromatic rings. The van der Waals surface area contributed by atoms with E-state index in [4.69, 9.17) is 0 Å². The summed E-state index contributed by atoms with van der Waals surface area (Å²) in [6, 6.07) is 9.03. The first kappa shape index (κ1) is 16.2. The molecule has 132 valence electrons. The zero-order valence-electron chi connectivity index (χ0n) is 14.2. The maximum atomic E-state index is 13.3. The van der Waals surface area contributed by atoms with Gasteiger partial charge in [0.05, 0.1) is 5.60 Å². The molecule has 3 atom stereocenters. The molecule has 0 spiro atoms. The predicted molar refractivity (Wildman–Crippen MR) is 90.5 cm³/mol. The molecule has 0 radical (unpaired) electrons. The molecule has 1 amide bonds. The number of aliphatic hydroxyl groups is 1. The fraction of sp³-hybridized carbons (Fsp3) is 0.556. The van der Waals surface area contributed by atoms with Crippen molar-refractivity contribution in [2.45, 2.75) is 43.7 Å². The van der Waals surface area contributed by atoms with Crippen LogP contribution in [0.25, 0.3) is 0 Å². The van der Waals surface area contributed by atoms with E-state index in [2.05, 4.69) is 15.5 Å². The minimum Gasteiger partial charge on any atom is -0.389 e. The van der Waals surface area contributed by atoms with Crippen molar-refractivity contribution in [3.63, 3.8) is 0 Å². The Balaban J connectivity index is 1.59. The van der Waals surface area contributed by atoms with Crippen molar-refractivity contribution in [1.82, 2.24) is 25.1 Å². The van der Waals surface area contributed by atoms with E-state index in [1.165, 1.54) is 11.0 Å². The van der Waals surface area contributed by atoms with Crippen molar-refractivity contribution in [2.24, 2.45) is 5.92 Å². The summed E-state index contributed by atoms with van der Waals surface area (Å²) in [5.74, 6) is 0.162. The highest BCUT2D eigenvalue weighted by atomic mass is 16.3. The van der Waals surface area contributed by atoms with Gasteiger partial charge in [0.25, 0.3) is 5.91 Å². The second kappa shape index (κ2) is 6.55. The zero-order chi connectivity index (χ0) is 17.3. The van der Waals surface area contributed by atoms with Gasteiger partial charge >= 0.3 is 0 Å². The molecule has 1 aliphatic heterocycles. The van der Waals surface area contributed by atoms with Crippen molar-refractivity contribution in [2.75, 3.05) is 13.1 Å². The van der Waals surface area contributed by atoms with Crippen molar-refractivity contribution in [3.8, 4) is 0 Å². The molecule has 1 aliphatic carbocycles. The summed E-state index contributed by atoms with van der Waals surface area (Å²) in [7, 11) is 0. The highest BCUT2D eigenvalue weighted by Crippen LogP contribution is 2.40. The highest BCUT2D eigenvalue weighted by Gasteiger charge is 2.44. The molecule has 1 saturated carbocycles. The number of piperidine rings is 1. The van der Waals surface area contributed by atoms with Crippen molar-refractivity contribution < 1.29 is 9.90 Å². The Kier molecular flexibility index (Phi) is 4.25. The van der Waals surface area contributed by atoms with Crippen LogP contribution in [0.2, 0.25) is 0 Å². The monoisotopic (exact) mass is 341 g/mol. The highest BCUT2D eigenvalue weighted by molar-refractivity contribution is 5.83. The van der Waals surface area contributed by atoms with Crippen molar-refractivity contribution >= 4 is 5.91 Å². The number of carbonyl (C=O) groups excluding carboxylic acids is 1. The largest absolute Gasteiger partial charge is 0.389 e. The third-order valence-corrected chi connectivity index (χ3v) is 5.72. The topological polar surface area (TPSA) is 84.1 Å². The summed E-state index contributed by atoms with van der Waals surface area (Å²) < 4.78 is 1.51. The van der Waals surface area contributed by atoms with Gasteiger partial charge in [-0.2, -0.15) is 0 Å². The van der Waals surface area contributed by atoms with Crippen LogP contribution in [0.3, 0.4) is 0 Å². The van der Waals surface area contributed by atoms with Crippen molar-refractivity contribution in [3.05, 3.63) is 42.2 Å². The van der Waals surface area contributed by atoms with E-state index < -0.39 is 11.6 Å². The van der Waals surface area contributed by atoms with E-state index in [0.29, 0.717) is 19.5 Å². The van der Waals surface area contributed by atoms with Crippen LogP contribution in [0.15, 0.2) is 36.7 Å². The normalized spacial score (nSPS) is 27.6. The standard InChI is InChI=1S/C18H23N5O2/c24-17(22-11-10-18(25)9-5-4-8-15(18)12-22)16(23-13-19-20-21-23)14-6-2-1-3-7-14/h1-3,6-7,13,15-16,25H,4-5,8-12H2. The van der Waals surface area contributed by atoms with Gasteiger partial charge in [0.1, 0.15) is 6.33 Å². The second-order valence-corrected chi connectivity index (χ2v) is 7.18. The first-order chi connectivity index (χ1) is 12.2. The Morgan fingerprint density at radius 2 is 2.08 bits per heavy atom. The van der Waals surface area contributed by atoms with Gasteiger partial charge in [0.15, 0.2) is 6.04 Å². The summed E-state index contributed by atoms with van der Waals surface area (Å²) in [6.45, 7) is 1.19. The average molecular weight is 341 g/mol. The number of fused-ring (bicyclic) bond motifs is 1. The number of hydrogen-bond donors (Lipinski definition) is 1. The molecule has 1 aromatic carbocycles. The summed E-state index contributed by atoms with van der Waals surface area (Å²) in [6.07, 6.45) is 6.19. The number of aromatic nitrogens is 4. The van der Waals surface area contributed by atoms with Crippen LogP contribution in [0.4, 0.5) is 0 Å². The summed E-state index contributed by atoms with van der Waals surface area (Å²) in [5, 5.41) is 22.2. The van der Waals surface area contributed by atoms with Gasteiger partial charge in [0.2, 0.25) is 0 Å². The van der Waals surface area contributed by atoms with E-state index in [1.807, 2.05) is 35.2 Å². The van der Waals surface area contributed by atoms with Crippen LogP contribution in [0.5, 0.6) is 0 Å². The van der Waals surface area contributed by atoms with Crippen LogP contribution in [-0.4, -0.2) is 54.8 Å². The minimum atomic E-state index is -0.591.